The van der Waals surface area contributed by atoms with Crippen LogP contribution in [-0.2, 0) is 9.53 Å². The second-order valence-corrected chi connectivity index (χ2v) is 2.49. The van der Waals surface area contributed by atoms with Crippen LogP contribution in [0.15, 0.2) is 11.6 Å². The fourth-order valence-electron chi connectivity index (χ4n) is 0.655. The monoisotopic (exact) mass is 223 g/mol. The lowest BCUT2D eigenvalue weighted by Gasteiger charge is -2.05. The van der Waals surface area contributed by atoms with Crippen molar-refractivity contribution in [2.24, 2.45) is 0 Å². The molecule has 0 aromatic heterocycles. The summed E-state index contributed by atoms with van der Waals surface area (Å²) >= 11 is 0. The number of hydrogen-bond acceptors (Lipinski definition) is 3. The minimum Gasteiger partial charge on any atom is -0.477 e. The van der Waals surface area contributed by atoms with Crippen LogP contribution in [0.25, 0.3) is 0 Å². The lowest BCUT2D eigenvalue weighted by molar-refractivity contribution is -0.173. The fourth-order valence-corrected chi connectivity index (χ4v) is 0.655. The Labute approximate surface area is 83.6 Å². The van der Waals surface area contributed by atoms with E-state index in [0.717, 1.165) is 6.08 Å². The summed E-state index contributed by atoms with van der Waals surface area (Å²) in [5, 5.41) is 16.6. The molecule has 0 bridgehead atoms. The molecule has 0 heterocycles. The molecule has 0 aliphatic carbocycles. The molecule has 84 valence electrons. The topological polar surface area (TPSA) is 70.3 Å². The van der Waals surface area contributed by atoms with Crippen molar-refractivity contribution in [2.45, 2.75) is 12.6 Å². The van der Waals surface area contributed by atoms with Crippen molar-refractivity contribution in [3.8, 4) is 6.07 Å². The summed E-state index contributed by atoms with van der Waals surface area (Å²) in [5.41, 5.74) is -0.509. The van der Waals surface area contributed by atoms with E-state index in [-0.39, 0.29) is 13.0 Å². The van der Waals surface area contributed by atoms with Gasteiger partial charge in [0.1, 0.15) is 18.2 Å². The Morgan fingerprint density at radius 3 is 2.53 bits per heavy atom. The first-order chi connectivity index (χ1) is 6.87. The average molecular weight is 223 g/mol. The summed E-state index contributed by atoms with van der Waals surface area (Å²) in [6.07, 6.45) is -3.43. The lowest BCUT2D eigenvalue weighted by Crippen LogP contribution is -2.17. The molecule has 0 saturated carbocycles. The molecule has 4 nitrogen and oxygen atoms in total. The van der Waals surface area contributed by atoms with Gasteiger partial charge >= 0.3 is 12.1 Å². The highest BCUT2D eigenvalue weighted by atomic mass is 19.4. The maximum atomic E-state index is 11.5. The van der Waals surface area contributed by atoms with E-state index in [2.05, 4.69) is 4.74 Å². The number of halogens is 3. The van der Waals surface area contributed by atoms with Crippen LogP contribution in [-0.4, -0.2) is 30.5 Å². The highest BCUT2D eigenvalue weighted by Crippen LogP contribution is 2.14. The Kier molecular flexibility index (Phi) is 5.41. The third-order valence-electron chi connectivity index (χ3n) is 1.23. The number of carbonyl (C=O) groups is 1. The summed E-state index contributed by atoms with van der Waals surface area (Å²) in [4.78, 5) is 10.2. The summed E-state index contributed by atoms with van der Waals surface area (Å²) in [6, 6.07) is 1.39. The minimum absolute atomic E-state index is 0.0503. The SMILES string of the molecule is N#CC(=CCCOCC(F)(F)F)C(=O)O. The van der Waals surface area contributed by atoms with Gasteiger partial charge in [-0.2, -0.15) is 18.4 Å². The zero-order valence-corrected chi connectivity index (χ0v) is 7.54. The van der Waals surface area contributed by atoms with E-state index in [4.69, 9.17) is 10.4 Å². The number of aliphatic carboxylic acids is 1. The zero-order valence-electron chi connectivity index (χ0n) is 7.54. The van der Waals surface area contributed by atoms with Gasteiger partial charge in [-0.05, 0) is 6.42 Å². The van der Waals surface area contributed by atoms with Crippen molar-refractivity contribution in [3.63, 3.8) is 0 Å². The number of carboxylic acid groups (broad SMARTS) is 1. The van der Waals surface area contributed by atoms with Crippen LogP contribution in [0.4, 0.5) is 13.2 Å². The number of ether oxygens (including phenoxy) is 1. The number of rotatable bonds is 5. The number of nitriles is 1. The van der Waals surface area contributed by atoms with E-state index >= 15 is 0 Å². The van der Waals surface area contributed by atoms with Gasteiger partial charge in [-0.25, -0.2) is 4.79 Å². The lowest BCUT2D eigenvalue weighted by atomic mass is 10.2. The van der Waals surface area contributed by atoms with E-state index in [0.29, 0.717) is 0 Å². The molecule has 0 rings (SSSR count). The predicted molar refractivity (Wildman–Crippen MR) is 42.8 cm³/mol. The second kappa shape index (κ2) is 6.03. The van der Waals surface area contributed by atoms with Crippen LogP contribution < -0.4 is 0 Å². The van der Waals surface area contributed by atoms with Crippen LogP contribution in [0, 0.1) is 11.3 Å². The van der Waals surface area contributed by atoms with Gasteiger partial charge in [-0.3, -0.25) is 0 Å². The van der Waals surface area contributed by atoms with Crippen LogP contribution in [0.1, 0.15) is 6.42 Å². The molecule has 0 spiro atoms. The van der Waals surface area contributed by atoms with Crippen LogP contribution in [0.3, 0.4) is 0 Å². The molecule has 0 amide bonds. The molecule has 0 aliphatic rings. The molecule has 0 aromatic carbocycles. The Balaban J connectivity index is 3.80. The quantitative estimate of drug-likeness (QED) is 0.435. The van der Waals surface area contributed by atoms with E-state index in [1.807, 2.05) is 0 Å². The molecule has 1 N–H and O–H groups in total. The Hall–Kier alpha value is -1.55. The van der Waals surface area contributed by atoms with Crippen molar-refractivity contribution in [1.29, 1.82) is 5.26 Å². The molecule has 15 heavy (non-hydrogen) atoms. The summed E-state index contributed by atoms with van der Waals surface area (Å²) in [7, 11) is 0. The molecular weight excluding hydrogens is 215 g/mol. The zero-order chi connectivity index (χ0) is 11.9. The van der Waals surface area contributed by atoms with E-state index in [1.165, 1.54) is 6.07 Å². The number of carboxylic acids is 1. The summed E-state index contributed by atoms with van der Waals surface area (Å²) < 4.78 is 38.8. The van der Waals surface area contributed by atoms with Crippen molar-refractivity contribution in [3.05, 3.63) is 11.6 Å². The first-order valence-electron chi connectivity index (χ1n) is 3.85. The Morgan fingerprint density at radius 2 is 2.13 bits per heavy atom. The largest absolute Gasteiger partial charge is 0.477 e. The molecule has 0 saturated heterocycles. The van der Waals surface area contributed by atoms with Crippen LogP contribution >= 0.6 is 0 Å². The summed E-state index contributed by atoms with van der Waals surface area (Å²) in [6.45, 7) is -1.66. The van der Waals surface area contributed by atoms with E-state index < -0.39 is 24.3 Å². The molecule has 7 heteroatoms. The standard InChI is InChI=1S/C8H8F3NO3/c9-8(10,11)5-15-3-1-2-6(4-12)7(13)14/h2H,1,3,5H2,(H,13,14). The van der Waals surface area contributed by atoms with Gasteiger partial charge in [0.05, 0.1) is 6.61 Å². The van der Waals surface area contributed by atoms with Crippen molar-refractivity contribution >= 4 is 5.97 Å². The van der Waals surface area contributed by atoms with Gasteiger partial charge in [0.25, 0.3) is 0 Å². The molecule has 0 aliphatic heterocycles. The second-order valence-electron chi connectivity index (χ2n) is 2.49. The maximum absolute atomic E-state index is 11.5. The van der Waals surface area contributed by atoms with Gasteiger partial charge in [0.2, 0.25) is 0 Å². The fraction of sp³-hybridized carbons (Fsp3) is 0.500. The number of alkyl halides is 3. The van der Waals surface area contributed by atoms with Gasteiger partial charge in [-0.1, -0.05) is 6.08 Å². The van der Waals surface area contributed by atoms with E-state index in [1.54, 1.807) is 0 Å². The molecule has 0 atom stereocenters. The summed E-state index contributed by atoms with van der Waals surface area (Å²) in [5.74, 6) is -1.41. The molecule has 0 aromatic rings. The molecular formula is C8H8F3NO3. The average Bonchev–Trinajstić information content (AvgIpc) is 2.08. The Morgan fingerprint density at radius 1 is 1.53 bits per heavy atom. The van der Waals surface area contributed by atoms with Crippen molar-refractivity contribution in [1.82, 2.24) is 0 Å². The predicted octanol–water partition coefficient (Wildman–Crippen LogP) is 1.49. The maximum Gasteiger partial charge on any atom is 0.411 e. The van der Waals surface area contributed by atoms with Gasteiger partial charge in [-0.15, -0.1) is 0 Å². The Bertz CT molecular complexity index is 290. The molecule has 0 unspecified atom stereocenters. The third kappa shape index (κ3) is 7.52. The molecule has 0 fully saturated rings. The van der Waals surface area contributed by atoms with Gasteiger partial charge in [0, 0.05) is 0 Å². The minimum atomic E-state index is -4.39. The van der Waals surface area contributed by atoms with Crippen molar-refractivity contribution in [2.75, 3.05) is 13.2 Å². The highest BCUT2D eigenvalue weighted by molar-refractivity contribution is 5.90. The number of hydrogen-bond donors (Lipinski definition) is 1. The van der Waals surface area contributed by atoms with E-state index in [9.17, 15) is 18.0 Å². The molecule has 0 radical (unpaired) electrons. The van der Waals surface area contributed by atoms with Crippen LogP contribution in [0.2, 0.25) is 0 Å². The first-order valence-corrected chi connectivity index (χ1v) is 3.85. The van der Waals surface area contributed by atoms with Crippen LogP contribution in [0.5, 0.6) is 0 Å². The third-order valence-corrected chi connectivity index (χ3v) is 1.23. The van der Waals surface area contributed by atoms with Gasteiger partial charge < -0.3 is 9.84 Å². The van der Waals surface area contributed by atoms with Crippen molar-refractivity contribution < 1.29 is 27.8 Å². The first kappa shape index (κ1) is 13.4. The number of nitrogens with zero attached hydrogens (tertiary/aromatic N) is 1. The smallest absolute Gasteiger partial charge is 0.411 e. The van der Waals surface area contributed by atoms with Gasteiger partial charge in [0.15, 0.2) is 0 Å². The normalized spacial score (nSPS) is 12.3. The highest BCUT2D eigenvalue weighted by Gasteiger charge is 2.27.